The monoisotopic (exact) mass is 448 g/mol. The van der Waals surface area contributed by atoms with Gasteiger partial charge in [0.1, 0.15) is 11.5 Å². The molecule has 1 aliphatic rings. The molecule has 1 saturated heterocycles. The van der Waals surface area contributed by atoms with Crippen molar-refractivity contribution in [2.24, 2.45) is 0 Å². The second-order valence-corrected chi connectivity index (χ2v) is 7.40. The maximum Gasteiger partial charge on any atom is 0.258 e. The van der Waals surface area contributed by atoms with E-state index in [-0.39, 0.29) is 18.6 Å². The van der Waals surface area contributed by atoms with Crippen molar-refractivity contribution in [3.63, 3.8) is 0 Å². The van der Waals surface area contributed by atoms with E-state index < -0.39 is 0 Å². The minimum Gasteiger partial charge on any atom is -0.497 e. The van der Waals surface area contributed by atoms with Crippen molar-refractivity contribution in [3.05, 3.63) is 58.6 Å². The number of rotatable bonds is 8. The Balaban J connectivity index is 1.58. The lowest BCUT2D eigenvalue weighted by Gasteiger charge is -2.35. The van der Waals surface area contributed by atoms with Gasteiger partial charge in [0.05, 0.1) is 26.4 Å². The number of carbonyl (C=O) groups excluding carboxylic acids is 1. The van der Waals surface area contributed by atoms with Crippen LogP contribution in [0, 0.1) is 0 Å². The summed E-state index contributed by atoms with van der Waals surface area (Å²) in [6.45, 7) is 3.57. The third-order valence-corrected chi connectivity index (χ3v) is 5.19. The zero-order valence-corrected chi connectivity index (χ0v) is 17.5. The summed E-state index contributed by atoms with van der Waals surface area (Å²) < 4.78 is 17.2. The van der Waals surface area contributed by atoms with E-state index in [0.29, 0.717) is 25.5 Å². The van der Waals surface area contributed by atoms with Gasteiger partial charge in [0, 0.05) is 24.1 Å². The highest BCUT2D eigenvalue weighted by Crippen LogP contribution is 2.23. The molecule has 1 fully saturated rings. The van der Waals surface area contributed by atoms with Gasteiger partial charge < -0.3 is 19.5 Å². The van der Waals surface area contributed by atoms with Gasteiger partial charge in [-0.05, 0) is 42.0 Å². The first-order valence-electron chi connectivity index (χ1n) is 9.26. The predicted molar refractivity (Wildman–Crippen MR) is 111 cm³/mol. The number of hydrogen-bond donors (Lipinski definition) is 1. The van der Waals surface area contributed by atoms with Crippen molar-refractivity contribution in [2.75, 3.05) is 46.6 Å². The molecule has 1 atom stereocenters. The van der Waals surface area contributed by atoms with Crippen LogP contribution in [0.1, 0.15) is 11.6 Å². The highest BCUT2D eigenvalue weighted by Gasteiger charge is 2.23. The number of halogens is 1. The van der Waals surface area contributed by atoms with Crippen molar-refractivity contribution < 1.29 is 19.0 Å². The van der Waals surface area contributed by atoms with E-state index in [4.69, 9.17) is 14.2 Å². The number of hydrogen-bond acceptors (Lipinski definition) is 5. The van der Waals surface area contributed by atoms with Crippen LogP contribution in [0.25, 0.3) is 0 Å². The average molecular weight is 449 g/mol. The number of nitrogens with one attached hydrogen (secondary N) is 1. The molecular weight excluding hydrogens is 424 g/mol. The molecule has 1 amide bonds. The van der Waals surface area contributed by atoms with Gasteiger partial charge in [0.25, 0.3) is 5.91 Å². The van der Waals surface area contributed by atoms with E-state index in [1.54, 1.807) is 7.11 Å². The predicted octanol–water partition coefficient (Wildman–Crippen LogP) is 3.03. The Morgan fingerprint density at radius 1 is 1.11 bits per heavy atom. The van der Waals surface area contributed by atoms with Crippen LogP contribution < -0.4 is 14.8 Å². The van der Waals surface area contributed by atoms with Gasteiger partial charge in [-0.3, -0.25) is 9.69 Å². The summed E-state index contributed by atoms with van der Waals surface area (Å²) in [6.07, 6.45) is 0. The summed E-state index contributed by atoms with van der Waals surface area (Å²) in [5.74, 6) is 1.34. The standard InChI is InChI=1S/C21H25BrN2O4/c1-26-18-6-2-16(3-7-18)20(24-10-12-27-13-11-24)14-23-21(25)15-28-19-8-4-17(22)5-9-19/h2-9,20H,10-15H2,1H3,(H,23,25)/t20-/m1/s1. The first kappa shape index (κ1) is 20.6. The molecule has 1 heterocycles. The van der Waals surface area contributed by atoms with Gasteiger partial charge in [0.2, 0.25) is 0 Å². The maximum absolute atomic E-state index is 12.3. The molecule has 2 aromatic rings. The average Bonchev–Trinajstić information content (AvgIpc) is 2.74. The molecular formula is C21H25BrN2O4. The lowest BCUT2D eigenvalue weighted by molar-refractivity contribution is -0.123. The summed E-state index contributed by atoms with van der Waals surface area (Å²) in [5, 5.41) is 3.00. The summed E-state index contributed by atoms with van der Waals surface area (Å²) in [7, 11) is 1.65. The second kappa shape index (κ2) is 10.5. The smallest absolute Gasteiger partial charge is 0.258 e. The maximum atomic E-state index is 12.3. The van der Waals surface area contributed by atoms with Crippen molar-refractivity contribution in [1.82, 2.24) is 10.2 Å². The summed E-state index contributed by atoms with van der Waals surface area (Å²) in [6, 6.07) is 15.5. The van der Waals surface area contributed by atoms with Crippen LogP contribution >= 0.6 is 15.9 Å². The molecule has 2 aromatic carbocycles. The molecule has 0 radical (unpaired) electrons. The first-order chi connectivity index (χ1) is 13.7. The van der Waals surface area contributed by atoms with Crippen LogP contribution in [0.2, 0.25) is 0 Å². The van der Waals surface area contributed by atoms with Gasteiger partial charge >= 0.3 is 0 Å². The number of ether oxygens (including phenoxy) is 3. The van der Waals surface area contributed by atoms with Crippen molar-refractivity contribution >= 4 is 21.8 Å². The van der Waals surface area contributed by atoms with Crippen molar-refractivity contribution in [3.8, 4) is 11.5 Å². The van der Waals surface area contributed by atoms with Gasteiger partial charge in [-0.15, -0.1) is 0 Å². The Bertz CT molecular complexity index is 746. The third-order valence-electron chi connectivity index (χ3n) is 4.66. The molecule has 0 unspecified atom stereocenters. The fourth-order valence-corrected chi connectivity index (χ4v) is 3.38. The Labute approximate surface area is 173 Å². The molecule has 1 aliphatic heterocycles. The minimum absolute atomic E-state index is 0.0138. The van der Waals surface area contributed by atoms with Crippen LogP contribution in [0.15, 0.2) is 53.0 Å². The van der Waals surface area contributed by atoms with Crippen LogP contribution in [-0.2, 0) is 9.53 Å². The Morgan fingerprint density at radius 2 is 1.75 bits per heavy atom. The zero-order chi connectivity index (χ0) is 19.8. The summed E-state index contributed by atoms with van der Waals surface area (Å²) in [5.41, 5.74) is 1.14. The molecule has 7 heteroatoms. The largest absolute Gasteiger partial charge is 0.497 e. The van der Waals surface area contributed by atoms with E-state index in [0.717, 1.165) is 28.9 Å². The van der Waals surface area contributed by atoms with E-state index in [2.05, 4.69) is 26.1 Å². The minimum atomic E-state index is -0.144. The van der Waals surface area contributed by atoms with Crippen LogP contribution in [0.3, 0.4) is 0 Å². The Morgan fingerprint density at radius 3 is 2.39 bits per heavy atom. The molecule has 150 valence electrons. The summed E-state index contributed by atoms with van der Waals surface area (Å²) in [4.78, 5) is 14.6. The highest BCUT2D eigenvalue weighted by atomic mass is 79.9. The van der Waals surface area contributed by atoms with E-state index in [1.807, 2.05) is 48.5 Å². The van der Waals surface area contributed by atoms with Crippen molar-refractivity contribution in [1.29, 1.82) is 0 Å². The molecule has 1 N–H and O–H groups in total. The molecule has 0 bridgehead atoms. The lowest BCUT2D eigenvalue weighted by Crippen LogP contribution is -2.44. The van der Waals surface area contributed by atoms with Crippen molar-refractivity contribution in [2.45, 2.75) is 6.04 Å². The molecule has 0 aliphatic carbocycles. The van der Waals surface area contributed by atoms with Crippen LogP contribution in [-0.4, -0.2) is 57.4 Å². The number of carbonyl (C=O) groups is 1. The topological polar surface area (TPSA) is 60.0 Å². The van der Waals surface area contributed by atoms with Gasteiger partial charge in [0.15, 0.2) is 6.61 Å². The van der Waals surface area contributed by atoms with E-state index >= 15 is 0 Å². The molecule has 0 aromatic heterocycles. The molecule has 0 spiro atoms. The molecule has 6 nitrogen and oxygen atoms in total. The number of morpholine rings is 1. The molecule has 3 rings (SSSR count). The number of nitrogens with zero attached hydrogens (tertiary/aromatic N) is 1. The highest BCUT2D eigenvalue weighted by molar-refractivity contribution is 9.10. The molecule has 28 heavy (non-hydrogen) atoms. The normalized spacial score (nSPS) is 15.6. The van der Waals surface area contributed by atoms with Crippen LogP contribution in [0.5, 0.6) is 11.5 Å². The van der Waals surface area contributed by atoms with E-state index in [1.165, 1.54) is 0 Å². The van der Waals surface area contributed by atoms with Gasteiger partial charge in [-0.25, -0.2) is 0 Å². The van der Waals surface area contributed by atoms with Crippen LogP contribution in [0.4, 0.5) is 0 Å². The number of methoxy groups -OCH3 is 1. The fourth-order valence-electron chi connectivity index (χ4n) is 3.11. The first-order valence-corrected chi connectivity index (χ1v) is 10.1. The van der Waals surface area contributed by atoms with E-state index in [9.17, 15) is 4.79 Å². The quantitative estimate of drug-likeness (QED) is 0.672. The number of amides is 1. The number of benzene rings is 2. The Hall–Kier alpha value is -2.09. The summed E-state index contributed by atoms with van der Waals surface area (Å²) >= 11 is 3.38. The second-order valence-electron chi connectivity index (χ2n) is 6.48. The van der Waals surface area contributed by atoms with Gasteiger partial charge in [-0.2, -0.15) is 0 Å². The Kier molecular flexibility index (Phi) is 7.71. The SMILES string of the molecule is COc1ccc([C@@H](CNC(=O)COc2ccc(Br)cc2)N2CCOCC2)cc1. The zero-order valence-electron chi connectivity index (χ0n) is 15.9. The molecule has 0 saturated carbocycles. The third kappa shape index (κ3) is 5.95. The van der Waals surface area contributed by atoms with Gasteiger partial charge in [-0.1, -0.05) is 28.1 Å². The lowest BCUT2D eigenvalue weighted by atomic mass is 10.0. The fraction of sp³-hybridized carbons (Fsp3) is 0.381.